The molecule has 1 aliphatic carbocycles. The van der Waals surface area contributed by atoms with E-state index in [9.17, 15) is 0 Å². The topological polar surface area (TPSA) is 72.9 Å². The van der Waals surface area contributed by atoms with Crippen molar-refractivity contribution in [3.8, 4) is 45.0 Å². The minimum atomic E-state index is -0.581. The van der Waals surface area contributed by atoms with Gasteiger partial charge in [0.2, 0.25) is 0 Å². The molecule has 0 amide bonds. The van der Waals surface area contributed by atoms with E-state index in [-0.39, 0.29) is 0 Å². The van der Waals surface area contributed by atoms with Crippen molar-refractivity contribution in [3.63, 3.8) is 0 Å². The average molecular weight is 821 g/mol. The summed E-state index contributed by atoms with van der Waals surface area (Å²) >= 11 is 0. The van der Waals surface area contributed by atoms with Crippen LogP contribution >= 0.6 is 0 Å². The van der Waals surface area contributed by atoms with Crippen molar-refractivity contribution in [2.24, 2.45) is 15.7 Å². The lowest BCUT2D eigenvalue weighted by Gasteiger charge is -2.40. The Labute approximate surface area is 371 Å². The summed E-state index contributed by atoms with van der Waals surface area (Å²) in [6, 6.07) is 76.2. The third kappa shape index (κ3) is 5.97. The van der Waals surface area contributed by atoms with Crippen molar-refractivity contribution in [3.05, 3.63) is 257 Å². The monoisotopic (exact) mass is 820 g/mol. The van der Waals surface area contributed by atoms with Gasteiger partial charge in [0, 0.05) is 44.0 Å². The van der Waals surface area contributed by atoms with Crippen LogP contribution in [0.1, 0.15) is 38.9 Å². The standard InChI is InChI=1S/C59H40N4O/c60-57(63-58(61-37-38-16-3-1-4-17-38)41-32-30-40(31-33-41)39-18-5-2-6-19-39)43-21-15-20-42(36-43)55-47-34-35-51-56(54(47)46-24-9-13-28-52(46)62-55)64-53-29-14-12-27-50(53)59(51)48-25-10-7-22-44(48)45-23-8-11-26-49(45)59/h1-36H,37H2,(H2,60,61,63). The fourth-order valence-corrected chi connectivity index (χ4v) is 9.96. The van der Waals surface area contributed by atoms with Crippen LogP contribution in [0.15, 0.2) is 228 Å². The first-order valence-electron chi connectivity index (χ1n) is 21.7. The quantitative estimate of drug-likeness (QED) is 0.103. The number of aromatic nitrogens is 1. The lowest BCUT2D eigenvalue weighted by atomic mass is 9.65. The Morgan fingerprint density at radius 2 is 1.12 bits per heavy atom. The maximum Gasteiger partial charge on any atom is 0.157 e. The molecule has 9 aromatic carbocycles. The minimum absolute atomic E-state index is 0.365. The second kappa shape index (κ2) is 15.2. The van der Waals surface area contributed by atoms with Gasteiger partial charge in [-0.25, -0.2) is 9.98 Å². The molecule has 64 heavy (non-hydrogen) atoms. The van der Waals surface area contributed by atoms with E-state index in [1.54, 1.807) is 0 Å². The molecule has 0 saturated carbocycles. The molecule has 2 heterocycles. The number of fused-ring (bicyclic) bond motifs is 13. The van der Waals surface area contributed by atoms with E-state index < -0.39 is 5.41 Å². The highest BCUT2D eigenvalue weighted by atomic mass is 16.5. The second-order valence-corrected chi connectivity index (χ2v) is 16.4. The predicted molar refractivity (Wildman–Crippen MR) is 261 cm³/mol. The highest BCUT2D eigenvalue weighted by Gasteiger charge is 2.51. The number of nitrogens with two attached hydrogens (primary N) is 1. The van der Waals surface area contributed by atoms with Gasteiger partial charge in [-0.2, -0.15) is 0 Å². The van der Waals surface area contributed by atoms with E-state index >= 15 is 0 Å². The molecule has 5 nitrogen and oxygen atoms in total. The number of nitrogens with zero attached hydrogens (tertiary/aromatic N) is 3. The summed E-state index contributed by atoms with van der Waals surface area (Å²) in [5, 5.41) is 3.04. The lowest BCUT2D eigenvalue weighted by molar-refractivity contribution is 0.442. The van der Waals surface area contributed by atoms with Crippen LogP contribution in [-0.2, 0) is 12.0 Å². The van der Waals surface area contributed by atoms with Crippen LogP contribution in [-0.4, -0.2) is 16.7 Å². The summed E-state index contributed by atoms with van der Waals surface area (Å²) in [7, 11) is 0. The van der Waals surface area contributed by atoms with Gasteiger partial charge >= 0.3 is 0 Å². The smallest absolute Gasteiger partial charge is 0.157 e. The molecule has 0 radical (unpaired) electrons. The Morgan fingerprint density at radius 3 is 1.89 bits per heavy atom. The molecule has 0 unspecified atom stereocenters. The Kier molecular flexibility index (Phi) is 8.87. The number of pyridine rings is 1. The van der Waals surface area contributed by atoms with Gasteiger partial charge in [-0.3, -0.25) is 4.99 Å². The van der Waals surface area contributed by atoms with Crippen molar-refractivity contribution in [1.82, 2.24) is 4.98 Å². The molecule has 12 rings (SSSR count). The number of hydrogen-bond donors (Lipinski definition) is 1. The zero-order valence-electron chi connectivity index (χ0n) is 34.8. The summed E-state index contributed by atoms with van der Waals surface area (Å²) in [4.78, 5) is 15.4. The van der Waals surface area contributed by atoms with E-state index in [0.717, 1.165) is 83.4 Å². The molecule has 5 heteroatoms. The zero-order chi connectivity index (χ0) is 42.6. The van der Waals surface area contributed by atoms with Gasteiger partial charge < -0.3 is 10.5 Å². The number of para-hydroxylation sites is 2. The molecule has 2 N–H and O–H groups in total. The molecule has 0 saturated heterocycles. The lowest BCUT2D eigenvalue weighted by Crippen LogP contribution is -2.32. The molecule has 0 bridgehead atoms. The Balaban J connectivity index is 1.01. The molecule has 0 fully saturated rings. The van der Waals surface area contributed by atoms with E-state index in [2.05, 4.69) is 176 Å². The number of ether oxygens (including phenoxy) is 1. The molecule has 1 aromatic heterocycles. The van der Waals surface area contributed by atoms with Crippen LogP contribution in [0.25, 0.3) is 55.2 Å². The van der Waals surface area contributed by atoms with Crippen LogP contribution in [0.2, 0.25) is 0 Å². The van der Waals surface area contributed by atoms with Crippen molar-refractivity contribution < 1.29 is 4.74 Å². The van der Waals surface area contributed by atoms with E-state index in [1.165, 1.54) is 22.3 Å². The molecule has 10 aromatic rings. The van der Waals surface area contributed by atoms with Gasteiger partial charge in [0.1, 0.15) is 17.3 Å². The van der Waals surface area contributed by atoms with Gasteiger partial charge in [-0.1, -0.05) is 200 Å². The summed E-state index contributed by atoms with van der Waals surface area (Å²) in [5.74, 6) is 2.62. The van der Waals surface area contributed by atoms with Crippen molar-refractivity contribution in [2.75, 3.05) is 0 Å². The first kappa shape index (κ1) is 37.4. The van der Waals surface area contributed by atoms with Gasteiger partial charge in [0.05, 0.1) is 23.2 Å². The molecular weight excluding hydrogens is 781 g/mol. The normalized spacial score (nSPS) is 13.6. The molecule has 1 aliphatic heterocycles. The minimum Gasteiger partial charge on any atom is -0.456 e. The summed E-state index contributed by atoms with van der Waals surface area (Å²) in [6.45, 7) is 0.468. The first-order valence-corrected chi connectivity index (χ1v) is 21.7. The van der Waals surface area contributed by atoms with E-state index in [1.807, 2.05) is 42.5 Å². The van der Waals surface area contributed by atoms with Crippen LogP contribution in [0.5, 0.6) is 11.5 Å². The fraction of sp³-hybridized carbons (Fsp3) is 0.0339. The summed E-state index contributed by atoms with van der Waals surface area (Å²) in [6.07, 6.45) is 0. The largest absolute Gasteiger partial charge is 0.456 e. The fourth-order valence-electron chi connectivity index (χ4n) is 9.96. The summed E-state index contributed by atoms with van der Waals surface area (Å²) < 4.78 is 7.16. The summed E-state index contributed by atoms with van der Waals surface area (Å²) in [5.41, 5.74) is 21.3. The van der Waals surface area contributed by atoms with Crippen molar-refractivity contribution in [2.45, 2.75) is 12.0 Å². The molecule has 2 aliphatic rings. The SMILES string of the molecule is NC(=NC(=NCc1ccccc1)c1ccc(-c2ccccc2)cc1)c1cccc(-c2nc3ccccc3c3c4c(ccc23)C2(c3ccccc3O4)c3ccccc3-c3ccccc32)c1. The average Bonchev–Trinajstić information content (AvgIpc) is 3.66. The highest BCUT2D eigenvalue weighted by Crippen LogP contribution is 2.63. The predicted octanol–water partition coefficient (Wildman–Crippen LogP) is 13.5. The molecule has 302 valence electrons. The van der Waals surface area contributed by atoms with Gasteiger partial charge in [0.15, 0.2) is 5.84 Å². The zero-order valence-corrected chi connectivity index (χ0v) is 34.8. The number of amidine groups is 2. The van der Waals surface area contributed by atoms with Crippen LogP contribution in [0.4, 0.5) is 0 Å². The maximum atomic E-state index is 7.16. The Morgan fingerprint density at radius 1 is 0.500 bits per heavy atom. The maximum absolute atomic E-state index is 7.16. The highest BCUT2D eigenvalue weighted by molar-refractivity contribution is 6.16. The van der Waals surface area contributed by atoms with Gasteiger partial charge in [-0.05, 0) is 57.1 Å². The first-order chi connectivity index (χ1) is 31.6. The third-order valence-corrected chi connectivity index (χ3v) is 12.8. The van der Waals surface area contributed by atoms with Crippen molar-refractivity contribution in [1.29, 1.82) is 0 Å². The molecular formula is C59H40N4O. The van der Waals surface area contributed by atoms with Gasteiger partial charge in [0.25, 0.3) is 0 Å². The number of benzene rings is 9. The second-order valence-electron chi connectivity index (χ2n) is 16.4. The Bertz CT molecular complexity index is 3460. The number of rotatable bonds is 6. The number of hydrogen-bond acceptors (Lipinski definition) is 3. The molecule has 1 spiro atoms. The van der Waals surface area contributed by atoms with Crippen molar-refractivity contribution >= 4 is 33.3 Å². The third-order valence-electron chi connectivity index (χ3n) is 12.8. The van der Waals surface area contributed by atoms with Crippen LogP contribution < -0.4 is 10.5 Å². The Hall–Kier alpha value is -8.41. The molecule has 0 atom stereocenters. The van der Waals surface area contributed by atoms with E-state index in [0.29, 0.717) is 18.2 Å². The number of aliphatic imine (C=N–C) groups is 2. The van der Waals surface area contributed by atoms with Crippen LogP contribution in [0, 0.1) is 0 Å². The van der Waals surface area contributed by atoms with Crippen LogP contribution in [0.3, 0.4) is 0 Å². The van der Waals surface area contributed by atoms with E-state index in [4.69, 9.17) is 25.4 Å². The van der Waals surface area contributed by atoms with Gasteiger partial charge in [-0.15, -0.1) is 0 Å².